The second-order valence-electron chi connectivity index (χ2n) is 4.33. The van der Waals surface area contributed by atoms with Crippen LogP contribution in [-0.2, 0) is 16.0 Å². The average Bonchev–Trinajstić information content (AvgIpc) is 2.43. The van der Waals surface area contributed by atoms with Gasteiger partial charge in [-0.15, -0.1) is 0 Å². The summed E-state index contributed by atoms with van der Waals surface area (Å²) in [4.78, 5) is 33.7. The van der Waals surface area contributed by atoms with Crippen LogP contribution < -0.4 is 10.6 Å². The predicted octanol–water partition coefficient (Wildman–Crippen LogP) is 2.10. The third-order valence-electron chi connectivity index (χ3n) is 2.69. The molecule has 21 heavy (non-hydrogen) atoms. The molecule has 0 saturated heterocycles. The molecule has 0 bridgehead atoms. The number of rotatable bonds is 6. The van der Waals surface area contributed by atoms with Crippen LogP contribution in [0, 0.1) is 0 Å². The van der Waals surface area contributed by atoms with Crippen molar-refractivity contribution >= 4 is 34.6 Å². The number of benzene rings is 1. The van der Waals surface area contributed by atoms with Gasteiger partial charge in [-0.2, -0.15) is 0 Å². The number of anilines is 1. The van der Waals surface area contributed by atoms with Gasteiger partial charge in [0.2, 0.25) is 5.91 Å². The van der Waals surface area contributed by atoms with E-state index in [4.69, 9.17) is 5.11 Å². The molecule has 1 aromatic carbocycles. The molecule has 0 saturated carbocycles. The minimum Gasteiger partial charge on any atom is -0.480 e. The number of carboxylic acid groups (broad SMARTS) is 1. The molecule has 0 heterocycles. The van der Waals surface area contributed by atoms with Crippen molar-refractivity contribution < 1.29 is 19.5 Å². The smallest absolute Gasteiger partial charge is 0.327 e. The quantitative estimate of drug-likeness (QED) is 0.748. The van der Waals surface area contributed by atoms with E-state index in [1.807, 2.05) is 25.1 Å². The molecule has 0 aliphatic rings. The van der Waals surface area contributed by atoms with Gasteiger partial charge >= 0.3 is 5.97 Å². The lowest BCUT2D eigenvalue weighted by molar-refractivity contribution is -0.140. The highest BCUT2D eigenvalue weighted by atomic mass is 32.2. The summed E-state index contributed by atoms with van der Waals surface area (Å²) in [6, 6.07) is 6.33. The van der Waals surface area contributed by atoms with Gasteiger partial charge in [-0.05, 0) is 18.1 Å². The fourth-order valence-electron chi connectivity index (χ4n) is 1.68. The maximum atomic E-state index is 11.8. The topological polar surface area (TPSA) is 95.5 Å². The van der Waals surface area contributed by atoms with Crippen LogP contribution in [0.2, 0.25) is 0 Å². The number of carbonyl (C=O) groups is 3. The van der Waals surface area contributed by atoms with Crippen LogP contribution in [0.1, 0.15) is 19.4 Å². The molecule has 2 amide bonds. The number of aliphatic carboxylic acids is 1. The molecule has 1 aromatic rings. The van der Waals surface area contributed by atoms with Gasteiger partial charge in [-0.25, -0.2) is 4.79 Å². The van der Waals surface area contributed by atoms with Crippen LogP contribution in [0.5, 0.6) is 0 Å². The number of carbonyl (C=O) groups excluding carboxylic acids is 2. The number of hydrogen-bond donors (Lipinski definition) is 3. The predicted molar refractivity (Wildman–Crippen MR) is 82.5 cm³/mol. The molecule has 0 fully saturated rings. The van der Waals surface area contributed by atoms with E-state index in [1.54, 1.807) is 6.07 Å². The number of para-hydroxylation sites is 1. The van der Waals surface area contributed by atoms with Crippen LogP contribution >= 0.6 is 11.8 Å². The van der Waals surface area contributed by atoms with E-state index in [-0.39, 0.29) is 11.0 Å². The first-order valence-corrected chi connectivity index (χ1v) is 7.44. The Kier molecular flexibility index (Phi) is 6.74. The highest BCUT2D eigenvalue weighted by molar-refractivity contribution is 8.13. The molecule has 0 spiro atoms. The van der Waals surface area contributed by atoms with E-state index in [0.717, 1.165) is 23.7 Å². The standard InChI is InChI=1S/C14H18N2O4S/c1-3-10-6-4-5-7-11(10)16-14(20)21-8-12(13(18)19)15-9(2)17/h4-7,12H,3,8H2,1-2H3,(H,15,17)(H,16,20)(H,18,19)/t12-/m0/s1. The highest BCUT2D eigenvalue weighted by Crippen LogP contribution is 2.18. The van der Waals surface area contributed by atoms with Crippen molar-refractivity contribution in [3.63, 3.8) is 0 Å². The van der Waals surface area contributed by atoms with Crippen molar-refractivity contribution in [2.24, 2.45) is 0 Å². The Hall–Kier alpha value is -2.02. The van der Waals surface area contributed by atoms with Crippen molar-refractivity contribution in [2.75, 3.05) is 11.1 Å². The van der Waals surface area contributed by atoms with Gasteiger partial charge in [0.15, 0.2) is 0 Å². The Labute approximate surface area is 127 Å². The number of hydrogen-bond acceptors (Lipinski definition) is 4. The van der Waals surface area contributed by atoms with Crippen LogP contribution in [0.4, 0.5) is 10.5 Å². The normalized spacial score (nSPS) is 11.5. The largest absolute Gasteiger partial charge is 0.480 e. The molecule has 0 aliphatic heterocycles. The second-order valence-corrected chi connectivity index (χ2v) is 5.32. The molecule has 0 radical (unpaired) electrons. The first-order chi connectivity index (χ1) is 9.93. The molecule has 114 valence electrons. The second kappa shape index (κ2) is 8.31. The Morgan fingerprint density at radius 2 is 1.95 bits per heavy atom. The molecule has 3 N–H and O–H groups in total. The lowest BCUT2D eigenvalue weighted by Crippen LogP contribution is -2.41. The van der Waals surface area contributed by atoms with E-state index < -0.39 is 17.9 Å². The summed E-state index contributed by atoms with van der Waals surface area (Å²) in [6.45, 7) is 3.22. The molecular formula is C14H18N2O4S. The fourth-order valence-corrected chi connectivity index (χ4v) is 2.40. The third kappa shape index (κ3) is 5.86. The number of carboxylic acids is 1. The van der Waals surface area contributed by atoms with Gasteiger partial charge < -0.3 is 15.7 Å². The SMILES string of the molecule is CCc1ccccc1NC(=O)SC[C@H](NC(C)=O)C(=O)O. The summed E-state index contributed by atoms with van der Waals surface area (Å²) < 4.78 is 0. The maximum Gasteiger partial charge on any atom is 0.327 e. The zero-order chi connectivity index (χ0) is 15.8. The maximum absolute atomic E-state index is 11.8. The third-order valence-corrected chi connectivity index (χ3v) is 3.56. The summed E-state index contributed by atoms with van der Waals surface area (Å²) in [5.74, 6) is -1.64. The van der Waals surface area contributed by atoms with Crippen LogP contribution in [-0.4, -0.2) is 34.0 Å². The van der Waals surface area contributed by atoms with Gasteiger partial charge in [-0.1, -0.05) is 36.9 Å². The van der Waals surface area contributed by atoms with Crippen molar-refractivity contribution in [3.8, 4) is 0 Å². The zero-order valence-corrected chi connectivity index (χ0v) is 12.7. The van der Waals surface area contributed by atoms with Crippen molar-refractivity contribution in [1.29, 1.82) is 0 Å². The number of thioether (sulfide) groups is 1. The Morgan fingerprint density at radius 1 is 1.29 bits per heavy atom. The van der Waals surface area contributed by atoms with Crippen molar-refractivity contribution in [3.05, 3.63) is 29.8 Å². The molecular weight excluding hydrogens is 292 g/mol. The summed E-state index contributed by atoms with van der Waals surface area (Å²) >= 11 is 0.823. The van der Waals surface area contributed by atoms with Gasteiger partial charge in [0.05, 0.1) is 0 Å². The van der Waals surface area contributed by atoms with Gasteiger partial charge in [-0.3, -0.25) is 9.59 Å². The molecule has 0 aromatic heterocycles. The van der Waals surface area contributed by atoms with E-state index in [2.05, 4.69) is 10.6 Å². The Balaban J connectivity index is 2.57. The van der Waals surface area contributed by atoms with E-state index in [9.17, 15) is 14.4 Å². The van der Waals surface area contributed by atoms with Crippen molar-refractivity contribution in [1.82, 2.24) is 5.32 Å². The van der Waals surface area contributed by atoms with E-state index >= 15 is 0 Å². The van der Waals surface area contributed by atoms with Gasteiger partial charge in [0.1, 0.15) is 6.04 Å². The molecule has 0 aliphatic carbocycles. The monoisotopic (exact) mass is 310 g/mol. The minimum absolute atomic E-state index is 0.0327. The summed E-state index contributed by atoms with van der Waals surface area (Å²) in [5.41, 5.74) is 1.71. The van der Waals surface area contributed by atoms with Crippen LogP contribution in [0.15, 0.2) is 24.3 Å². The molecule has 6 nitrogen and oxygen atoms in total. The lowest BCUT2D eigenvalue weighted by Gasteiger charge is -2.13. The molecule has 0 unspecified atom stereocenters. The number of nitrogens with one attached hydrogen (secondary N) is 2. The minimum atomic E-state index is -1.17. The Morgan fingerprint density at radius 3 is 2.52 bits per heavy atom. The van der Waals surface area contributed by atoms with E-state index in [0.29, 0.717) is 5.69 Å². The highest BCUT2D eigenvalue weighted by Gasteiger charge is 2.20. The fraction of sp³-hybridized carbons (Fsp3) is 0.357. The lowest BCUT2D eigenvalue weighted by atomic mass is 10.1. The zero-order valence-electron chi connectivity index (χ0n) is 11.9. The van der Waals surface area contributed by atoms with Crippen LogP contribution in [0.25, 0.3) is 0 Å². The van der Waals surface area contributed by atoms with Crippen LogP contribution in [0.3, 0.4) is 0 Å². The molecule has 7 heteroatoms. The Bertz CT molecular complexity index is 533. The summed E-state index contributed by atoms with van der Waals surface area (Å²) in [6.07, 6.45) is 0.783. The van der Waals surface area contributed by atoms with Crippen molar-refractivity contribution in [2.45, 2.75) is 26.3 Å². The first kappa shape index (κ1) is 17.0. The van der Waals surface area contributed by atoms with Gasteiger partial charge in [0.25, 0.3) is 5.24 Å². The number of amides is 2. The summed E-state index contributed by atoms with van der Waals surface area (Å²) in [5, 5.41) is 13.6. The summed E-state index contributed by atoms with van der Waals surface area (Å²) in [7, 11) is 0. The number of aryl methyl sites for hydroxylation is 1. The molecule has 1 atom stereocenters. The molecule has 1 rings (SSSR count). The first-order valence-electron chi connectivity index (χ1n) is 6.45. The average molecular weight is 310 g/mol. The van der Waals surface area contributed by atoms with E-state index in [1.165, 1.54) is 6.92 Å². The van der Waals surface area contributed by atoms with Gasteiger partial charge in [0, 0.05) is 18.4 Å².